The molecule has 0 bridgehead atoms. The Morgan fingerprint density at radius 1 is 1.40 bits per heavy atom. The molecule has 0 saturated heterocycles. The van der Waals surface area contributed by atoms with Crippen molar-refractivity contribution in [3.8, 4) is 0 Å². The fourth-order valence-electron chi connectivity index (χ4n) is 2.28. The Balaban J connectivity index is 2.14. The molecule has 1 aliphatic heterocycles. The molecule has 2 nitrogen and oxygen atoms in total. The summed E-state index contributed by atoms with van der Waals surface area (Å²) in [5, 5.41) is 3.19. The molecule has 2 heteroatoms. The van der Waals surface area contributed by atoms with E-state index in [0.717, 1.165) is 19.5 Å². The fourth-order valence-corrected chi connectivity index (χ4v) is 2.28. The van der Waals surface area contributed by atoms with Crippen molar-refractivity contribution in [1.29, 1.82) is 0 Å². The second-order valence-corrected chi connectivity index (χ2v) is 4.15. The van der Waals surface area contributed by atoms with Crippen LogP contribution in [0, 0.1) is 0 Å². The van der Waals surface area contributed by atoms with Crippen molar-refractivity contribution in [1.82, 2.24) is 5.32 Å². The SMILES string of the molecule is CCN1CCc2cc(CCNC)ccc21. The van der Waals surface area contributed by atoms with Crippen molar-refractivity contribution in [2.45, 2.75) is 19.8 Å². The Hall–Kier alpha value is -1.02. The summed E-state index contributed by atoms with van der Waals surface area (Å²) in [6.07, 6.45) is 2.35. The van der Waals surface area contributed by atoms with E-state index in [1.807, 2.05) is 7.05 Å². The zero-order valence-corrected chi connectivity index (χ0v) is 9.71. The van der Waals surface area contributed by atoms with Gasteiger partial charge < -0.3 is 10.2 Å². The van der Waals surface area contributed by atoms with Gasteiger partial charge in [0.1, 0.15) is 0 Å². The lowest BCUT2D eigenvalue weighted by atomic mass is 10.1. The molecule has 0 radical (unpaired) electrons. The van der Waals surface area contributed by atoms with Gasteiger partial charge in [-0.25, -0.2) is 0 Å². The maximum atomic E-state index is 3.19. The summed E-state index contributed by atoms with van der Waals surface area (Å²) in [5.41, 5.74) is 4.44. The number of benzene rings is 1. The first-order chi connectivity index (χ1) is 7.35. The minimum absolute atomic E-state index is 1.07. The van der Waals surface area contributed by atoms with E-state index in [2.05, 4.69) is 35.3 Å². The number of nitrogens with zero attached hydrogens (tertiary/aromatic N) is 1. The predicted octanol–water partition coefficient (Wildman–Crippen LogP) is 1.83. The molecule has 0 aromatic heterocycles. The highest BCUT2D eigenvalue weighted by Gasteiger charge is 2.17. The first-order valence-electron chi connectivity index (χ1n) is 5.86. The zero-order valence-electron chi connectivity index (χ0n) is 9.71. The van der Waals surface area contributed by atoms with Gasteiger partial charge in [0.25, 0.3) is 0 Å². The van der Waals surface area contributed by atoms with E-state index in [4.69, 9.17) is 0 Å². The minimum atomic E-state index is 1.07. The third kappa shape index (κ3) is 2.15. The number of nitrogens with one attached hydrogen (secondary N) is 1. The van der Waals surface area contributed by atoms with Gasteiger partial charge in [-0.2, -0.15) is 0 Å². The van der Waals surface area contributed by atoms with Crippen LogP contribution in [0.15, 0.2) is 18.2 Å². The van der Waals surface area contributed by atoms with Crippen LogP contribution < -0.4 is 10.2 Å². The van der Waals surface area contributed by atoms with Crippen LogP contribution in [0.5, 0.6) is 0 Å². The smallest absolute Gasteiger partial charge is 0.0399 e. The van der Waals surface area contributed by atoms with Crippen LogP contribution >= 0.6 is 0 Å². The van der Waals surface area contributed by atoms with Crippen molar-refractivity contribution in [3.63, 3.8) is 0 Å². The summed E-state index contributed by atoms with van der Waals surface area (Å²) in [4.78, 5) is 2.46. The molecular weight excluding hydrogens is 184 g/mol. The number of hydrogen-bond acceptors (Lipinski definition) is 2. The molecule has 15 heavy (non-hydrogen) atoms. The van der Waals surface area contributed by atoms with Gasteiger partial charge in [-0.3, -0.25) is 0 Å². The molecule has 1 aromatic carbocycles. The van der Waals surface area contributed by atoms with Gasteiger partial charge in [-0.1, -0.05) is 12.1 Å². The molecule has 0 unspecified atom stereocenters. The van der Waals surface area contributed by atoms with Crippen molar-refractivity contribution < 1.29 is 0 Å². The van der Waals surface area contributed by atoms with Crippen LogP contribution in [0.4, 0.5) is 5.69 Å². The highest BCUT2D eigenvalue weighted by atomic mass is 15.1. The van der Waals surface area contributed by atoms with E-state index in [-0.39, 0.29) is 0 Å². The van der Waals surface area contributed by atoms with Crippen LogP contribution in [0.1, 0.15) is 18.1 Å². The summed E-state index contributed by atoms with van der Waals surface area (Å²) in [7, 11) is 2.01. The van der Waals surface area contributed by atoms with Crippen molar-refractivity contribution in [2.75, 3.05) is 31.6 Å². The van der Waals surface area contributed by atoms with Crippen LogP contribution in [0.3, 0.4) is 0 Å². The molecule has 0 amide bonds. The lowest BCUT2D eigenvalue weighted by Crippen LogP contribution is -2.19. The Labute approximate surface area is 92.3 Å². The van der Waals surface area contributed by atoms with Gasteiger partial charge in [0, 0.05) is 18.8 Å². The minimum Gasteiger partial charge on any atom is -0.371 e. The average molecular weight is 204 g/mol. The lowest BCUT2D eigenvalue weighted by molar-refractivity contribution is 0.791. The first-order valence-corrected chi connectivity index (χ1v) is 5.86. The molecule has 82 valence electrons. The number of rotatable bonds is 4. The van der Waals surface area contributed by atoms with Gasteiger partial charge in [0.05, 0.1) is 0 Å². The van der Waals surface area contributed by atoms with Crippen molar-refractivity contribution >= 4 is 5.69 Å². The summed E-state index contributed by atoms with van der Waals surface area (Å²) >= 11 is 0. The molecule has 0 atom stereocenters. The summed E-state index contributed by atoms with van der Waals surface area (Å²) in [6.45, 7) is 5.62. The molecule has 0 spiro atoms. The standard InChI is InChI=1S/C13H20N2/c1-3-15-9-7-12-10-11(6-8-14-2)4-5-13(12)15/h4-5,10,14H,3,6-9H2,1-2H3. The van der Waals surface area contributed by atoms with Crippen LogP contribution in [0.2, 0.25) is 0 Å². The molecule has 1 heterocycles. The normalized spacial score (nSPS) is 14.4. The highest BCUT2D eigenvalue weighted by Crippen LogP contribution is 2.28. The van der Waals surface area contributed by atoms with E-state index in [1.165, 1.54) is 29.8 Å². The van der Waals surface area contributed by atoms with Crippen LogP contribution in [0.25, 0.3) is 0 Å². The zero-order chi connectivity index (χ0) is 10.7. The van der Waals surface area contributed by atoms with E-state index < -0.39 is 0 Å². The van der Waals surface area contributed by atoms with Crippen LogP contribution in [-0.4, -0.2) is 26.7 Å². The topological polar surface area (TPSA) is 15.3 Å². The quantitative estimate of drug-likeness (QED) is 0.805. The average Bonchev–Trinajstić information content (AvgIpc) is 2.68. The van der Waals surface area contributed by atoms with E-state index >= 15 is 0 Å². The first kappa shape index (κ1) is 10.5. The number of fused-ring (bicyclic) bond motifs is 1. The number of anilines is 1. The second kappa shape index (κ2) is 4.67. The third-order valence-corrected chi connectivity index (χ3v) is 3.18. The summed E-state index contributed by atoms with van der Waals surface area (Å²) in [5.74, 6) is 0. The summed E-state index contributed by atoms with van der Waals surface area (Å²) < 4.78 is 0. The Morgan fingerprint density at radius 3 is 3.00 bits per heavy atom. The molecule has 1 aromatic rings. The monoisotopic (exact) mass is 204 g/mol. The Bertz CT molecular complexity index is 333. The van der Waals surface area contributed by atoms with Gasteiger partial charge in [-0.15, -0.1) is 0 Å². The predicted molar refractivity (Wildman–Crippen MR) is 65.7 cm³/mol. The van der Waals surface area contributed by atoms with Gasteiger partial charge in [0.15, 0.2) is 0 Å². The van der Waals surface area contributed by atoms with Gasteiger partial charge >= 0.3 is 0 Å². The highest BCUT2D eigenvalue weighted by molar-refractivity contribution is 5.59. The van der Waals surface area contributed by atoms with Gasteiger partial charge in [0.2, 0.25) is 0 Å². The lowest BCUT2D eigenvalue weighted by Gasteiger charge is -2.16. The maximum absolute atomic E-state index is 3.19. The van der Waals surface area contributed by atoms with Crippen LogP contribution in [-0.2, 0) is 12.8 Å². The van der Waals surface area contributed by atoms with E-state index in [0.29, 0.717) is 0 Å². The Morgan fingerprint density at radius 2 is 2.27 bits per heavy atom. The molecule has 0 saturated carbocycles. The number of likely N-dealkylation sites (N-methyl/N-ethyl adjacent to an activating group) is 2. The summed E-state index contributed by atoms with van der Waals surface area (Å²) in [6, 6.07) is 6.93. The van der Waals surface area contributed by atoms with Crippen molar-refractivity contribution in [3.05, 3.63) is 29.3 Å². The maximum Gasteiger partial charge on any atom is 0.0399 e. The third-order valence-electron chi connectivity index (χ3n) is 3.18. The Kier molecular flexibility index (Phi) is 3.27. The molecule has 1 N–H and O–H groups in total. The molecular formula is C13H20N2. The van der Waals surface area contributed by atoms with Gasteiger partial charge in [-0.05, 0) is 50.6 Å². The molecule has 0 fully saturated rings. The van der Waals surface area contributed by atoms with Crippen molar-refractivity contribution in [2.24, 2.45) is 0 Å². The molecule has 0 aliphatic carbocycles. The molecule has 2 rings (SSSR count). The largest absolute Gasteiger partial charge is 0.371 e. The fraction of sp³-hybridized carbons (Fsp3) is 0.538. The van der Waals surface area contributed by atoms with E-state index in [9.17, 15) is 0 Å². The van der Waals surface area contributed by atoms with E-state index in [1.54, 1.807) is 0 Å². The second-order valence-electron chi connectivity index (χ2n) is 4.15. The molecule has 1 aliphatic rings. The number of hydrogen-bond donors (Lipinski definition) is 1.